The van der Waals surface area contributed by atoms with Crippen LogP contribution >= 0.6 is 23.5 Å². The van der Waals surface area contributed by atoms with Crippen LogP contribution in [0.2, 0.25) is 0 Å². The summed E-state index contributed by atoms with van der Waals surface area (Å²) in [5.74, 6) is 2.07. The van der Waals surface area contributed by atoms with Crippen molar-refractivity contribution < 1.29 is 16.8 Å². The van der Waals surface area contributed by atoms with E-state index < -0.39 is 20.0 Å². The van der Waals surface area contributed by atoms with E-state index in [0.29, 0.717) is 11.4 Å². The molecule has 0 amide bonds. The van der Waals surface area contributed by atoms with Gasteiger partial charge in [0.05, 0.1) is 11.2 Å². The Bertz CT molecular complexity index is 2120. The number of sulfonamides is 2. The maximum atomic E-state index is 12.4. The fourth-order valence-corrected chi connectivity index (χ4v) is 8.52. The zero-order valence-corrected chi connectivity index (χ0v) is 36.4. The lowest BCUT2D eigenvalue weighted by Gasteiger charge is -2.17. The molecule has 294 valence electrons. The molecule has 5 rings (SSSR count). The van der Waals surface area contributed by atoms with Crippen LogP contribution in [0.1, 0.15) is 74.9 Å². The van der Waals surface area contributed by atoms with E-state index in [2.05, 4.69) is 99.5 Å². The van der Waals surface area contributed by atoms with E-state index in [4.69, 9.17) is 0 Å². The summed E-state index contributed by atoms with van der Waals surface area (Å²) in [5.41, 5.74) is 8.91. The number of aryl methyl sites for hydroxylation is 4. The summed E-state index contributed by atoms with van der Waals surface area (Å²) in [4.78, 5) is 0.262. The number of hydrogen-bond donors (Lipinski definition) is 2. The monoisotopic (exact) mass is 816 g/mol. The van der Waals surface area contributed by atoms with E-state index in [1.54, 1.807) is 30.3 Å². The van der Waals surface area contributed by atoms with Crippen LogP contribution in [0.3, 0.4) is 0 Å². The molecule has 10 heteroatoms. The van der Waals surface area contributed by atoms with Crippen LogP contribution in [0.4, 0.5) is 11.4 Å². The lowest BCUT2D eigenvalue weighted by molar-refractivity contribution is 0.600. The Hall–Kier alpha value is -3.70. The molecule has 0 radical (unpaired) electrons. The van der Waals surface area contributed by atoms with Crippen molar-refractivity contribution in [3.63, 3.8) is 0 Å². The third kappa shape index (κ3) is 17.3. The van der Waals surface area contributed by atoms with Crippen molar-refractivity contribution in [2.75, 3.05) is 15.7 Å². The maximum Gasteiger partial charge on any atom is 0.261 e. The van der Waals surface area contributed by atoms with Crippen molar-refractivity contribution in [2.45, 2.75) is 93.1 Å². The molecule has 5 aromatic carbocycles. The first kappa shape index (κ1) is 44.0. The van der Waals surface area contributed by atoms with Crippen molar-refractivity contribution in [1.82, 2.24) is 0 Å². The number of nitrogens with one attached hydrogen (secondary N) is 2. The summed E-state index contributed by atoms with van der Waals surface area (Å²) in [5, 5.41) is 0. The second-order valence-electron chi connectivity index (χ2n) is 15.6. The SMILES string of the molecule is CC(C)(C)SCc1ccc(CCc2ccc(NS(=O)(=O)c3ccccc3)cc2)cc1.CC(C)(C)SCc1ccc(CCc2ccc(NS(C)(=O)=O)cc2)cc1. The van der Waals surface area contributed by atoms with Gasteiger partial charge in [-0.05, 0) is 95.5 Å². The second kappa shape index (κ2) is 19.9. The van der Waals surface area contributed by atoms with Crippen molar-refractivity contribution in [1.29, 1.82) is 0 Å². The van der Waals surface area contributed by atoms with Gasteiger partial charge in [-0.1, -0.05) is 133 Å². The van der Waals surface area contributed by atoms with Gasteiger partial charge in [0.25, 0.3) is 10.0 Å². The third-order valence-corrected chi connectivity index (χ3v) is 13.0. The Morgan fingerprint density at radius 3 is 1.07 bits per heavy atom. The van der Waals surface area contributed by atoms with Gasteiger partial charge in [-0.15, -0.1) is 0 Å². The quantitative estimate of drug-likeness (QED) is 0.109. The highest BCUT2D eigenvalue weighted by Crippen LogP contribution is 2.28. The molecule has 0 aliphatic carbocycles. The highest BCUT2D eigenvalue weighted by Gasteiger charge is 2.14. The van der Waals surface area contributed by atoms with E-state index in [1.165, 1.54) is 33.4 Å². The van der Waals surface area contributed by atoms with Gasteiger partial charge >= 0.3 is 0 Å². The zero-order valence-electron chi connectivity index (χ0n) is 33.1. The van der Waals surface area contributed by atoms with Crippen molar-refractivity contribution in [3.8, 4) is 0 Å². The molecule has 0 unspecified atom stereocenters. The first-order chi connectivity index (χ1) is 25.8. The molecular formula is C45H56N2O4S4. The molecule has 5 aromatic rings. The fraction of sp³-hybridized carbons (Fsp3) is 0.333. The molecule has 55 heavy (non-hydrogen) atoms. The largest absolute Gasteiger partial charge is 0.284 e. The summed E-state index contributed by atoms with van der Waals surface area (Å²) in [6, 6.07) is 41.3. The van der Waals surface area contributed by atoms with Crippen molar-refractivity contribution >= 4 is 54.9 Å². The second-order valence-corrected chi connectivity index (χ2v) is 22.7. The summed E-state index contributed by atoms with van der Waals surface area (Å²) in [7, 11) is -6.77. The summed E-state index contributed by atoms with van der Waals surface area (Å²) < 4.78 is 52.9. The van der Waals surface area contributed by atoms with Gasteiger partial charge in [0.1, 0.15) is 0 Å². The molecule has 0 aliphatic heterocycles. The molecule has 0 bridgehead atoms. The van der Waals surface area contributed by atoms with Crippen LogP contribution in [0.15, 0.2) is 132 Å². The third-order valence-electron chi connectivity index (χ3n) is 8.31. The van der Waals surface area contributed by atoms with Crippen LogP contribution < -0.4 is 9.44 Å². The molecule has 0 heterocycles. The van der Waals surface area contributed by atoms with E-state index in [9.17, 15) is 16.8 Å². The van der Waals surface area contributed by atoms with Gasteiger partial charge in [-0.3, -0.25) is 9.44 Å². The smallest absolute Gasteiger partial charge is 0.261 e. The van der Waals surface area contributed by atoms with E-state index in [1.807, 2.05) is 72.1 Å². The lowest BCUT2D eigenvalue weighted by atomic mass is 10.0. The Kier molecular flexibility index (Phi) is 16.0. The Morgan fingerprint density at radius 1 is 0.436 bits per heavy atom. The van der Waals surface area contributed by atoms with Crippen molar-refractivity contribution in [2.24, 2.45) is 0 Å². The van der Waals surface area contributed by atoms with Gasteiger partial charge in [0.2, 0.25) is 10.0 Å². The molecule has 0 atom stereocenters. The average molecular weight is 817 g/mol. The summed E-state index contributed by atoms with van der Waals surface area (Å²) in [6.45, 7) is 13.4. The Morgan fingerprint density at radius 2 is 0.745 bits per heavy atom. The highest BCUT2D eigenvalue weighted by molar-refractivity contribution is 8.00. The molecule has 0 aliphatic rings. The van der Waals surface area contributed by atoms with E-state index >= 15 is 0 Å². The summed E-state index contributed by atoms with van der Waals surface area (Å²) >= 11 is 3.92. The fourth-order valence-electron chi connectivity index (χ4n) is 5.29. The topological polar surface area (TPSA) is 92.3 Å². The highest BCUT2D eigenvalue weighted by atomic mass is 32.2. The molecule has 0 saturated heterocycles. The average Bonchev–Trinajstić information content (AvgIpc) is 3.13. The minimum Gasteiger partial charge on any atom is -0.284 e. The zero-order chi connectivity index (χ0) is 40.1. The minimum absolute atomic E-state index is 0.262. The molecule has 6 nitrogen and oxygen atoms in total. The summed E-state index contributed by atoms with van der Waals surface area (Å²) in [6.07, 6.45) is 4.95. The number of hydrogen-bond acceptors (Lipinski definition) is 6. The van der Waals surface area contributed by atoms with Crippen LogP contribution in [-0.2, 0) is 57.2 Å². The number of thioether (sulfide) groups is 2. The predicted octanol–water partition coefficient (Wildman–Crippen LogP) is 11.2. The predicted molar refractivity (Wildman–Crippen MR) is 238 cm³/mol. The van der Waals surface area contributed by atoms with Crippen LogP contribution in [-0.4, -0.2) is 32.6 Å². The minimum atomic E-state index is -3.55. The molecule has 0 saturated carbocycles. The Labute approximate surface area is 339 Å². The molecule has 0 aromatic heterocycles. The van der Waals surface area contributed by atoms with Gasteiger partial charge < -0.3 is 0 Å². The number of rotatable bonds is 15. The molecule has 0 fully saturated rings. The lowest BCUT2D eigenvalue weighted by Crippen LogP contribution is -2.12. The van der Waals surface area contributed by atoms with Crippen LogP contribution in [0.5, 0.6) is 0 Å². The van der Waals surface area contributed by atoms with Gasteiger partial charge in [0, 0.05) is 32.4 Å². The van der Waals surface area contributed by atoms with Crippen molar-refractivity contribution in [3.05, 3.63) is 161 Å². The van der Waals surface area contributed by atoms with Crippen LogP contribution in [0.25, 0.3) is 0 Å². The maximum absolute atomic E-state index is 12.4. The molecular weight excluding hydrogens is 761 g/mol. The first-order valence-corrected chi connectivity index (χ1v) is 23.8. The van der Waals surface area contributed by atoms with E-state index in [-0.39, 0.29) is 14.4 Å². The van der Waals surface area contributed by atoms with Gasteiger partial charge in [-0.25, -0.2) is 16.8 Å². The Balaban J connectivity index is 0.000000249. The van der Waals surface area contributed by atoms with Crippen LogP contribution in [0, 0.1) is 0 Å². The standard InChI is InChI=1S/C25H29NO2S2.C20H27NO2S2/c1-25(2,3)29-19-22-13-11-20(12-14-22)9-10-21-15-17-23(18-16-21)26-30(27,28)24-7-5-4-6-8-24;1-20(2,3)24-15-18-9-7-16(8-10-18)5-6-17-11-13-19(14-12-17)21-25(4,22)23/h4-8,11-18,26H,9-10,19H2,1-3H3;7-14,21H,5-6,15H2,1-4H3. The molecule has 0 spiro atoms. The van der Waals surface area contributed by atoms with Gasteiger partial charge in [0.15, 0.2) is 0 Å². The van der Waals surface area contributed by atoms with Gasteiger partial charge in [-0.2, -0.15) is 23.5 Å². The first-order valence-electron chi connectivity index (χ1n) is 18.5. The molecule has 2 N–H and O–H groups in total. The number of anilines is 2. The van der Waals surface area contributed by atoms with E-state index in [0.717, 1.165) is 43.4 Å². The number of benzene rings is 5. The normalized spacial score (nSPS) is 12.1.